The lowest BCUT2D eigenvalue weighted by Crippen LogP contribution is -2.35. The van der Waals surface area contributed by atoms with Crippen LogP contribution in [0.15, 0.2) is 60.9 Å². The molecular weight excluding hydrogens is 552 g/mol. The minimum absolute atomic E-state index is 0.0818. The Morgan fingerprint density at radius 1 is 0.977 bits per heavy atom. The van der Waals surface area contributed by atoms with Crippen LogP contribution in [0.25, 0.3) is 5.82 Å². The number of nitrogens with zero attached hydrogens (tertiary/aromatic N) is 5. The largest absolute Gasteiger partial charge is 0.379 e. The van der Waals surface area contributed by atoms with E-state index in [9.17, 15) is 4.79 Å². The zero-order valence-corrected chi connectivity index (χ0v) is 26.5. The van der Waals surface area contributed by atoms with E-state index in [4.69, 9.17) is 9.84 Å². The van der Waals surface area contributed by atoms with Crippen molar-refractivity contribution < 1.29 is 9.53 Å². The second-order valence-corrected chi connectivity index (χ2v) is 11.4. The summed E-state index contributed by atoms with van der Waals surface area (Å²) >= 11 is 0. The number of nitrogens with one attached hydrogen (secondary N) is 3. The summed E-state index contributed by atoms with van der Waals surface area (Å²) in [6, 6.07) is 17.9. The van der Waals surface area contributed by atoms with Gasteiger partial charge in [0.1, 0.15) is 18.0 Å². The number of morpholine rings is 1. The maximum atomic E-state index is 13.4. The summed E-state index contributed by atoms with van der Waals surface area (Å²) in [5.41, 5.74) is 5.48. The van der Waals surface area contributed by atoms with Crippen molar-refractivity contribution in [2.75, 3.05) is 49.3 Å². The SMILES string of the molecule is CCC(CC)(CC)c1cccc(C(=O)Nc2ccc(C)c(Nc3cc(CN4CCOCC4)nn3-c3cc(NC)ncn3)c2)c1. The summed E-state index contributed by atoms with van der Waals surface area (Å²) in [6.45, 7) is 12.6. The van der Waals surface area contributed by atoms with Crippen molar-refractivity contribution in [3.05, 3.63) is 83.3 Å². The van der Waals surface area contributed by atoms with Crippen molar-refractivity contribution in [3.63, 3.8) is 0 Å². The van der Waals surface area contributed by atoms with Gasteiger partial charge in [-0.15, -0.1) is 0 Å². The lowest BCUT2D eigenvalue weighted by Gasteiger charge is -2.31. The van der Waals surface area contributed by atoms with E-state index in [0.29, 0.717) is 29.4 Å². The van der Waals surface area contributed by atoms with E-state index in [1.807, 2.05) is 56.4 Å². The molecule has 0 aliphatic carbocycles. The number of hydrogen-bond donors (Lipinski definition) is 3. The molecule has 232 valence electrons. The average Bonchev–Trinajstić information content (AvgIpc) is 3.46. The predicted octanol–water partition coefficient (Wildman–Crippen LogP) is 6.31. The molecule has 4 aromatic rings. The molecule has 0 unspecified atom stereocenters. The second kappa shape index (κ2) is 14.0. The highest BCUT2D eigenvalue weighted by molar-refractivity contribution is 6.04. The van der Waals surface area contributed by atoms with Crippen LogP contribution in [-0.2, 0) is 16.7 Å². The fourth-order valence-electron chi connectivity index (χ4n) is 5.89. The zero-order chi connectivity index (χ0) is 31.1. The molecule has 1 aliphatic heterocycles. The van der Waals surface area contributed by atoms with Gasteiger partial charge in [-0.05, 0) is 67.0 Å². The molecule has 1 fully saturated rings. The number of carbonyl (C=O) groups excluding carboxylic acids is 1. The number of hydrogen-bond acceptors (Lipinski definition) is 8. The van der Waals surface area contributed by atoms with Crippen molar-refractivity contribution in [2.24, 2.45) is 0 Å². The highest BCUT2D eigenvalue weighted by Crippen LogP contribution is 2.35. The third kappa shape index (κ3) is 6.92. The predicted molar refractivity (Wildman–Crippen MR) is 176 cm³/mol. The fraction of sp³-hybridized carbons (Fsp3) is 0.412. The number of ether oxygens (including phenoxy) is 1. The third-order valence-electron chi connectivity index (χ3n) is 8.90. The van der Waals surface area contributed by atoms with E-state index in [2.05, 4.69) is 63.7 Å². The Morgan fingerprint density at radius 2 is 1.75 bits per heavy atom. The molecule has 2 aromatic carbocycles. The topological polar surface area (TPSA) is 109 Å². The molecule has 10 heteroatoms. The molecule has 5 rings (SSSR count). The zero-order valence-electron chi connectivity index (χ0n) is 26.5. The highest BCUT2D eigenvalue weighted by Gasteiger charge is 2.27. The number of rotatable bonds is 12. The molecular formula is C34H44N8O2. The summed E-state index contributed by atoms with van der Waals surface area (Å²) in [6.07, 6.45) is 4.63. The number of anilines is 4. The van der Waals surface area contributed by atoms with Gasteiger partial charge in [-0.3, -0.25) is 9.69 Å². The van der Waals surface area contributed by atoms with Crippen LogP contribution in [0.2, 0.25) is 0 Å². The van der Waals surface area contributed by atoms with E-state index in [-0.39, 0.29) is 11.3 Å². The maximum absolute atomic E-state index is 13.4. The molecule has 0 radical (unpaired) electrons. The molecule has 1 aliphatic rings. The second-order valence-electron chi connectivity index (χ2n) is 11.4. The van der Waals surface area contributed by atoms with E-state index in [1.54, 1.807) is 4.68 Å². The molecule has 2 aromatic heterocycles. The normalized spacial score (nSPS) is 13.9. The van der Waals surface area contributed by atoms with Gasteiger partial charge in [0.25, 0.3) is 5.91 Å². The van der Waals surface area contributed by atoms with Crippen molar-refractivity contribution in [1.29, 1.82) is 0 Å². The van der Waals surface area contributed by atoms with Crippen molar-refractivity contribution in [2.45, 2.75) is 58.9 Å². The van der Waals surface area contributed by atoms with Gasteiger partial charge in [0.15, 0.2) is 5.82 Å². The average molecular weight is 597 g/mol. The summed E-state index contributed by atoms with van der Waals surface area (Å²) in [5.74, 6) is 1.98. The molecule has 0 saturated carbocycles. The van der Waals surface area contributed by atoms with Crippen molar-refractivity contribution in [3.8, 4) is 5.82 Å². The minimum Gasteiger partial charge on any atom is -0.379 e. The van der Waals surface area contributed by atoms with Crippen LogP contribution < -0.4 is 16.0 Å². The summed E-state index contributed by atoms with van der Waals surface area (Å²) in [4.78, 5) is 24.5. The van der Waals surface area contributed by atoms with Crippen LogP contribution in [0.4, 0.5) is 23.0 Å². The highest BCUT2D eigenvalue weighted by atomic mass is 16.5. The molecule has 3 N–H and O–H groups in total. The van der Waals surface area contributed by atoms with Crippen molar-refractivity contribution >= 4 is 28.9 Å². The van der Waals surface area contributed by atoms with Gasteiger partial charge in [0, 0.05) is 55.8 Å². The van der Waals surface area contributed by atoms with E-state index in [1.165, 1.54) is 11.9 Å². The number of aromatic nitrogens is 4. The van der Waals surface area contributed by atoms with Crippen LogP contribution >= 0.6 is 0 Å². The number of carbonyl (C=O) groups is 1. The van der Waals surface area contributed by atoms with Gasteiger partial charge in [-0.25, -0.2) is 9.97 Å². The first kappa shape index (κ1) is 31.2. The van der Waals surface area contributed by atoms with E-state index in [0.717, 1.165) is 68.3 Å². The molecule has 0 atom stereocenters. The summed E-state index contributed by atoms with van der Waals surface area (Å²) in [5, 5.41) is 14.7. The maximum Gasteiger partial charge on any atom is 0.255 e. The van der Waals surface area contributed by atoms with Gasteiger partial charge in [-0.1, -0.05) is 39.0 Å². The van der Waals surface area contributed by atoms with Gasteiger partial charge < -0.3 is 20.7 Å². The molecule has 44 heavy (non-hydrogen) atoms. The summed E-state index contributed by atoms with van der Waals surface area (Å²) in [7, 11) is 1.82. The van der Waals surface area contributed by atoms with Gasteiger partial charge in [-0.2, -0.15) is 9.78 Å². The van der Waals surface area contributed by atoms with Gasteiger partial charge >= 0.3 is 0 Å². The van der Waals surface area contributed by atoms with E-state index >= 15 is 0 Å². The van der Waals surface area contributed by atoms with Gasteiger partial charge in [0.05, 0.1) is 18.9 Å². The quantitative estimate of drug-likeness (QED) is 0.175. The molecule has 1 saturated heterocycles. The molecule has 3 heterocycles. The number of benzene rings is 2. The van der Waals surface area contributed by atoms with Crippen LogP contribution in [0.3, 0.4) is 0 Å². The monoisotopic (exact) mass is 596 g/mol. The Kier molecular flexibility index (Phi) is 9.92. The Morgan fingerprint density at radius 3 is 2.48 bits per heavy atom. The molecule has 1 amide bonds. The van der Waals surface area contributed by atoms with Crippen LogP contribution in [-0.4, -0.2) is 63.9 Å². The smallest absolute Gasteiger partial charge is 0.255 e. The minimum atomic E-state index is -0.128. The lowest BCUT2D eigenvalue weighted by atomic mass is 9.73. The first-order chi connectivity index (χ1) is 21.4. The van der Waals surface area contributed by atoms with E-state index < -0.39 is 0 Å². The Labute approximate surface area is 260 Å². The van der Waals surface area contributed by atoms with Crippen LogP contribution in [0, 0.1) is 6.92 Å². The lowest BCUT2D eigenvalue weighted by molar-refractivity contribution is 0.0336. The Bertz CT molecular complexity index is 1560. The molecule has 0 spiro atoms. The Balaban J connectivity index is 1.41. The molecule has 0 bridgehead atoms. The standard InChI is InChI=1S/C34H44N8O2/c1-6-34(7-2,8-3)26-11-9-10-25(18-26)33(43)38-27-13-12-24(4)29(19-27)39-32-20-28(22-41-14-16-44-17-15-41)40-42(32)31-21-30(35-5)36-23-37-31/h9-13,18-21,23,39H,6-8,14-17,22H2,1-5H3,(H,38,43)(H,35,36,37). The van der Waals surface area contributed by atoms with Gasteiger partial charge in [0.2, 0.25) is 0 Å². The first-order valence-electron chi connectivity index (χ1n) is 15.6. The van der Waals surface area contributed by atoms with Crippen LogP contribution in [0.5, 0.6) is 0 Å². The summed E-state index contributed by atoms with van der Waals surface area (Å²) < 4.78 is 7.32. The number of amides is 1. The molecule has 10 nitrogen and oxygen atoms in total. The number of aryl methyl sites for hydroxylation is 1. The van der Waals surface area contributed by atoms with Crippen molar-refractivity contribution in [1.82, 2.24) is 24.6 Å². The Hall–Kier alpha value is -4.28. The van der Waals surface area contributed by atoms with Crippen LogP contribution in [0.1, 0.15) is 67.2 Å². The fourth-order valence-corrected chi connectivity index (χ4v) is 5.89. The first-order valence-corrected chi connectivity index (χ1v) is 15.6. The third-order valence-corrected chi connectivity index (χ3v) is 8.90.